The minimum atomic E-state index is -0.123. The van der Waals surface area contributed by atoms with E-state index in [0.29, 0.717) is 24.7 Å². The third kappa shape index (κ3) is 4.52. The van der Waals surface area contributed by atoms with Gasteiger partial charge in [-0.2, -0.15) is 0 Å². The van der Waals surface area contributed by atoms with Crippen LogP contribution in [0.3, 0.4) is 0 Å². The molecule has 0 saturated carbocycles. The minimum Gasteiger partial charge on any atom is -0.490 e. The van der Waals surface area contributed by atoms with Crippen molar-refractivity contribution in [2.75, 3.05) is 18.5 Å². The summed E-state index contributed by atoms with van der Waals surface area (Å²) in [6, 6.07) is 13.5. The van der Waals surface area contributed by atoms with Gasteiger partial charge in [0.25, 0.3) is 0 Å². The first kappa shape index (κ1) is 15.9. The number of rotatable bonds is 6. The van der Waals surface area contributed by atoms with Crippen LogP contribution in [0.15, 0.2) is 42.5 Å². The van der Waals surface area contributed by atoms with Crippen molar-refractivity contribution in [2.24, 2.45) is 0 Å². The van der Waals surface area contributed by atoms with Gasteiger partial charge in [-0.15, -0.1) is 0 Å². The largest absolute Gasteiger partial charge is 0.490 e. The van der Waals surface area contributed by atoms with Crippen LogP contribution in [-0.2, 0) is 4.79 Å². The van der Waals surface area contributed by atoms with Crippen molar-refractivity contribution < 1.29 is 14.3 Å². The highest BCUT2D eigenvalue weighted by Gasteiger charge is 2.05. The molecule has 0 radical (unpaired) electrons. The van der Waals surface area contributed by atoms with E-state index in [0.717, 1.165) is 16.9 Å². The number of benzene rings is 2. The fourth-order valence-corrected chi connectivity index (χ4v) is 2.05. The molecule has 1 N–H and O–H groups in total. The number of nitrogens with one attached hydrogen (secondary N) is 1. The highest BCUT2D eigenvalue weighted by Crippen LogP contribution is 2.24. The Morgan fingerprint density at radius 1 is 1.00 bits per heavy atom. The number of carbonyl (C=O) groups excluding carboxylic acids is 1. The van der Waals surface area contributed by atoms with E-state index in [1.54, 1.807) is 0 Å². The number of amides is 1. The Morgan fingerprint density at radius 3 is 2.41 bits per heavy atom. The maximum atomic E-state index is 11.2. The third-order valence-electron chi connectivity index (χ3n) is 3.14. The van der Waals surface area contributed by atoms with Crippen LogP contribution in [0.1, 0.15) is 18.1 Å². The second kappa shape index (κ2) is 7.50. The predicted molar refractivity (Wildman–Crippen MR) is 87.7 cm³/mol. The zero-order chi connectivity index (χ0) is 15.9. The first-order chi connectivity index (χ1) is 10.6. The average molecular weight is 299 g/mol. The lowest BCUT2D eigenvalue weighted by molar-refractivity contribution is -0.114. The molecule has 0 aliphatic rings. The first-order valence-electron chi connectivity index (χ1n) is 7.26. The van der Waals surface area contributed by atoms with Crippen molar-refractivity contribution in [3.05, 3.63) is 53.6 Å². The molecular formula is C18H21NO3. The smallest absolute Gasteiger partial charge is 0.221 e. The lowest BCUT2D eigenvalue weighted by Gasteiger charge is -2.13. The normalized spacial score (nSPS) is 10.1. The summed E-state index contributed by atoms with van der Waals surface area (Å²) in [5.41, 5.74) is 2.93. The van der Waals surface area contributed by atoms with E-state index in [9.17, 15) is 4.79 Å². The summed E-state index contributed by atoms with van der Waals surface area (Å²) in [7, 11) is 0. The predicted octanol–water partition coefficient (Wildman–Crippen LogP) is 3.72. The minimum absolute atomic E-state index is 0.123. The Balaban J connectivity index is 1.89. The van der Waals surface area contributed by atoms with Gasteiger partial charge in [0.15, 0.2) is 0 Å². The molecule has 0 fully saturated rings. The van der Waals surface area contributed by atoms with Crippen LogP contribution in [0.5, 0.6) is 11.5 Å². The summed E-state index contributed by atoms with van der Waals surface area (Å²) in [4.78, 5) is 11.2. The van der Waals surface area contributed by atoms with Gasteiger partial charge in [-0.05, 0) is 43.2 Å². The van der Waals surface area contributed by atoms with Gasteiger partial charge in [-0.1, -0.05) is 24.3 Å². The van der Waals surface area contributed by atoms with Gasteiger partial charge in [0, 0.05) is 6.92 Å². The Bertz CT molecular complexity index is 653. The van der Waals surface area contributed by atoms with Crippen LogP contribution in [0.4, 0.5) is 5.69 Å². The molecular weight excluding hydrogens is 278 g/mol. The van der Waals surface area contributed by atoms with Gasteiger partial charge in [0.2, 0.25) is 5.91 Å². The zero-order valence-corrected chi connectivity index (χ0v) is 13.2. The van der Waals surface area contributed by atoms with Crippen molar-refractivity contribution in [1.29, 1.82) is 0 Å². The third-order valence-corrected chi connectivity index (χ3v) is 3.14. The van der Waals surface area contributed by atoms with E-state index in [4.69, 9.17) is 9.47 Å². The average Bonchev–Trinajstić information content (AvgIpc) is 2.48. The maximum Gasteiger partial charge on any atom is 0.221 e. The summed E-state index contributed by atoms with van der Waals surface area (Å²) in [5, 5.41) is 2.74. The molecule has 0 aromatic heterocycles. The second-order valence-electron chi connectivity index (χ2n) is 5.14. The maximum absolute atomic E-state index is 11.2. The molecule has 2 aromatic rings. The highest BCUT2D eigenvalue weighted by molar-refractivity contribution is 5.90. The molecule has 2 rings (SSSR count). The van der Waals surface area contributed by atoms with E-state index in [1.165, 1.54) is 6.92 Å². The summed E-state index contributed by atoms with van der Waals surface area (Å²) in [5.74, 6) is 1.39. The number of aryl methyl sites for hydroxylation is 2. The summed E-state index contributed by atoms with van der Waals surface area (Å²) in [6.07, 6.45) is 0. The number of para-hydroxylation sites is 2. The van der Waals surface area contributed by atoms with Gasteiger partial charge in [0.1, 0.15) is 24.7 Å². The molecule has 0 spiro atoms. The SMILES string of the molecule is CC(=O)Nc1ccccc1OCCOc1cc(C)ccc1C. The number of carbonyl (C=O) groups is 1. The topological polar surface area (TPSA) is 47.6 Å². The molecule has 0 saturated heterocycles. The number of hydrogen-bond acceptors (Lipinski definition) is 3. The van der Waals surface area contributed by atoms with Crippen LogP contribution in [0.25, 0.3) is 0 Å². The molecule has 0 atom stereocenters. The number of anilines is 1. The van der Waals surface area contributed by atoms with Crippen molar-refractivity contribution in [2.45, 2.75) is 20.8 Å². The van der Waals surface area contributed by atoms with E-state index in [2.05, 4.69) is 11.4 Å². The van der Waals surface area contributed by atoms with Crippen LogP contribution in [-0.4, -0.2) is 19.1 Å². The van der Waals surface area contributed by atoms with E-state index >= 15 is 0 Å². The van der Waals surface area contributed by atoms with Gasteiger partial charge < -0.3 is 14.8 Å². The molecule has 0 unspecified atom stereocenters. The Labute approximate surface area is 131 Å². The van der Waals surface area contributed by atoms with Gasteiger partial charge in [0.05, 0.1) is 5.69 Å². The van der Waals surface area contributed by atoms with Crippen molar-refractivity contribution >= 4 is 11.6 Å². The molecule has 4 heteroatoms. The van der Waals surface area contributed by atoms with Gasteiger partial charge in [-0.3, -0.25) is 4.79 Å². The molecule has 2 aromatic carbocycles. The monoisotopic (exact) mass is 299 g/mol. The zero-order valence-electron chi connectivity index (χ0n) is 13.2. The Kier molecular flexibility index (Phi) is 5.42. The van der Waals surface area contributed by atoms with Crippen molar-refractivity contribution in [3.63, 3.8) is 0 Å². The molecule has 0 aliphatic carbocycles. The fourth-order valence-electron chi connectivity index (χ4n) is 2.05. The quantitative estimate of drug-likeness (QED) is 0.827. The second-order valence-corrected chi connectivity index (χ2v) is 5.14. The summed E-state index contributed by atoms with van der Waals surface area (Å²) in [6.45, 7) is 6.37. The van der Waals surface area contributed by atoms with E-state index in [1.807, 2.05) is 50.2 Å². The first-order valence-corrected chi connectivity index (χ1v) is 7.26. The lowest BCUT2D eigenvalue weighted by Crippen LogP contribution is -2.12. The highest BCUT2D eigenvalue weighted by atomic mass is 16.5. The molecule has 0 bridgehead atoms. The standard InChI is InChI=1S/C18H21NO3/c1-13-8-9-14(2)18(12-13)22-11-10-21-17-7-5-4-6-16(17)19-15(3)20/h4-9,12H,10-11H2,1-3H3,(H,19,20). The lowest BCUT2D eigenvalue weighted by atomic mass is 10.1. The molecule has 116 valence electrons. The molecule has 4 nitrogen and oxygen atoms in total. The van der Waals surface area contributed by atoms with Crippen LogP contribution in [0, 0.1) is 13.8 Å². The van der Waals surface area contributed by atoms with Crippen LogP contribution in [0.2, 0.25) is 0 Å². The molecule has 22 heavy (non-hydrogen) atoms. The van der Waals surface area contributed by atoms with Crippen LogP contribution >= 0.6 is 0 Å². The van der Waals surface area contributed by atoms with Crippen LogP contribution < -0.4 is 14.8 Å². The van der Waals surface area contributed by atoms with Gasteiger partial charge >= 0.3 is 0 Å². The van der Waals surface area contributed by atoms with E-state index in [-0.39, 0.29) is 5.91 Å². The molecule has 0 heterocycles. The van der Waals surface area contributed by atoms with Gasteiger partial charge in [-0.25, -0.2) is 0 Å². The number of hydrogen-bond donors (Lipinski definition) is 1. The van der Waals surface area contributed by atoms with E-state index < -0.39 is 0 Å². The summed E-state index contributed by atoms with van der Waals surface area (Å²) < 4.78 is 11.4. The summed E-state index contributed by atoms with van der Waals surface area (Å²) >= 11 is 0. The molecule has 1 amide bonds. The Morgan fingerprint density at radius 2 is 1.68 bits per heavy atom. The number of ether oxygens (including phenoxy) is 2. The Hall–Kier alpha value is -2.49. The fraction of sp³-hybridized carbons (Fsp3) is 0.278. The van der Waals surface area contributed by atoms with Crippen molar-refractivity contribution in [3.8, 4) is 11.5 Å². The molecule has 0 aliphatic heterocycles. The van der Waals surface area contributed by atoms with Crippen molar-refractivity contribution in [1.82, 2.24) is 0 Å².